The number of nitrogens with zero attached hydrogens (tertiary/aromatic N) is 3. The lowest BCUT2D eigenvalue weighted by Gasteiger charge is -2.43. The Morgan fingerprint density at radius 3 is 2.20 bits per heavy atom. The number of amides is 4. The van der Waals surface area contributed by atoms with Crippen molar-refractivity contribution in [2.75, 3.05) is 34.9 Å². The van der Waals surface area contributed by atoms with Gasteiger partial charge in [-0.1, -0.05) is 85.2 Å². The average molecular weight is 771 g/mol. The Kier molecular flexibility index (Phi) is 18.2. The summed E-state index contributed by atoms with van der Waals surface area (Å²) in [4.78, 5) is 63.4. The smallest absolute Gasteiger partial charge is 0.244 e. The first kappa shape index (κ1) is 45.2. The molecule has 1 fully saturated rings. The van der Waals surface area contributed by atoms with Gasteiger partial charge in [-0.05, 0) is 56.7 Å². The Hall–Kier alpha value is -3.23. The van der Waals surface area contributed by atoms with E-state index in [4.69, 9.17) is 9.47 Å². The van der Waals surface area contributed by atoms with Crippen molar-refractivity contribution in [1.29, 1.82) is 0 Å². The van der Waals surface area contributed by atoms with E-state index in [-0.39, 0.29) is 65.9 Å². The van der Waals surface area contributed by atoms with Crippen molar-refractivity contribution in [2.24, 2.45) is 23.7 Å². The lowest BCUT2D eigenvalue weighted by atomic mass is 9.87. The van der Waals surface area contributed by atoms with E-state index >= 15 is 0 Å². The Morgan fingerprint density at radius 2 is 1.67 bits per heavy atom. The number of thiazole rings is 1. The molecule has 9 atom stereocenters. The first-order chi connectivity index (χ1) is 25.7. The summed E-state index contributed by atoms with van der Waals surface area (Å²) in [5.74, 6) is -1.59. The van der Waals surface area contributed by atoms with Gasteiger partial charge in [0.2, 0.25) is 23.6 Å². The number of nitrogens with one attached hydrogen (secondary N) is 3. The van der Waals surface area contributed by atoms with Gasteiger partial charge in [-0.25, -0.2) is 4.98 Å². The molecule has 1 aliphatic rings. The maximum absolute atomic E-state index is 14.3. The molecule has 2 heterocycles. The van der Waals surface area contributed by atoms with Gasteiger partial charge in [0, 0.05) is 38.4 Å². The average Bonchev–Trinajstić information content (AvgIpc) is 3.85. The summed E-state index contributed by atoms with van der Waals surface area (Å²) in [6.07, 6.45) is 3.67. The van der Waals surface area contributed by atoms with E-state index in [1.165, 1.54) is 11.3 Å². The molecule has 0 bridgehead atoms. The first-order valence-electron chi connectivity index (χ1n) is 19.5. The predicted octanol–water partition coefficient (Wildman–Crippen LogP) is 4.85. The number of methoxy groups -OCH3 is 2. The van der Waals surface area contributed by atoms with E-state index in [2.05, 4.69) is 34.8 Å². The number of carbonyl (C=O) groups excluding carboxylic acids is 4. The number of hydrogen-bond donors (Lipinski definition) is 3. The second kappa shape index (κ2) is 21.8. The number of carbonyl (C=O) groups is 4. The molecule has 3 N–H and O–H groups in total. The van der Waals surface area contributed by atoms with Crippen molar-refractivity contribution in [1.82, 2.24) is 30.7 Å². The summed E-state index contributed by atoms with van der Waals surface area (Å²) >= 11 is 1.51. The second-order valence-corrected chi connectivity index (χ2v) is 16.4. The molecule has 0 saturated carbocycles. The van der Waals surface area contributed by atoms with Crippen LogP contribution in [0.3, 0.4) is 0 Å². The minimum Gasteiger partial charge on any atom is -0.379 e. The Morgan fingerprint density at radius 1 is 0.981 bits per heavy atom. The van der Waals surface area contributed by atoms with Gasteiger partial charge in [0.15, 0.2) is 0 Å². The summed E-state index contributed by atoms with van der Waals surface area (Å²) in [5.41, 5.74) is 1.10. The highest BCUT2D eigenvalue weighted by molar-refractivity contribution is 7.09. The van der Waals surface area contributed by atoms with Crippen LogP contribution in [0, 0.1) is 23.7 Å². The predicted molar refractivity (Wildman–Crippen MR) is 214 cm³/mol. The number of hydrogen-bond acceptors (Lipinski definition) is 10. The first-order valence-corrected chi connectivity index (χ1v) is 20.4. The number of aromatic nitrogens is 1. The molecule has 12 nitrogen and oxygen atoms in total. The van der Waals surface area contributed by atoms with Crippen molar-refractivity contribution < 1.29 is 28.7 Å². The van der Waals surface area contributed by atoms with Crippen molar-refractivity contribution >= 4 is 35.0 Å². The van der Waals surface area contributed by atoms with E-state index < -0.39 is 30.2 Å². The molecule has 0 aliphatic carbocycles. The Bertz CT molecular complexity index is 1460. The minimum atomic E-state index is -0.641. The molecule has 13 heteroatoms. The highest BCUT2D eigenvalue weighted by atomic mass is 32.1. The van der Waals surface area contributed by atoms with Gasteiger partial charge in [-0.3, -0.25) is 29.4 Å². The van der Waals surface area contributed by atoms with Crippen LogP contribution in [0.5, 0.6) is 0 Å². The molecule has 1 aromatic carbocycles. The van der Waals surface area contributed by atoms with Crippen LogP contribution in [0.4, 0.5) is 0 Å². The fourth-order valence-electron chi connectivity index (χ4n) is 8.14. The molecule has 1 aromatic heterocycles. The normalized spacial score (nSPS) is 19.2. The van der Waals surface area contributed by atoms with Gasteiger partial charge in [0.05, 0.1) is 48.7 Å². The van der Waals surface area contributed by atoms with Crippen LogP contribution in [0.15, 0.2) is 41.9 Å². The molecule has 0 spiro atoms. The topological polar surface area (TPSA) is 142 Å². The zero-order valence-corrected chi connectivity index (χ0v) is 35.2. The molecule has 4 amide bonds. The quantitative estimate of drug-likeness (QED) is 0.163. The molecule has 9 unspecified atom stereocenters. The molecule has 1 saturated heterocycles. The van der Waals surface area contributed by atoms with Crippen LogP contribution < -0.4 is 16.0 Å². The van der Waals surface area contributed by atoms with E-state index in [1.807, 2.05) is 87.2 Å². The standard InChI is InChI=1S/C41H66N6O6S/c1-12-27(6)36(46(9)35(26(4)5)40(51)45-39(50)34(42-8)25(2)3)32(52-10)24-33(48)47-21-16-19-31(47)37(53-11)28(7)38(49)44-30(41-43-20-22-54-41)23-29-17-14-13-15-18-29/h13-15,17-18,20,22,25-28,30-32,34-37,42H,12,16,19,21,23-24H2,1-11H3,(H,44,49)(H,45,50,51). The number of rotatable bonds is 21. The van der Waals surface area contributed by atoms with Gasteiger partial charge in [-0.15, -0.1) is 11.3 Å². The number of benzene rings is 1. The maximum Gasteiger partial charge on any atom is 0.244 e. The third kappa shape index (κ3) is 11.6. The van der Waals surface area contributed by atoms with Crippen molar-refractivity contribution in [3.63, 3.8) is 0 Å². The zero-order chi connectivity index (χ0) is 40.1. The van der Waals surface area contributed by atoms with Gasteiger partial charge < -0.3 is 25.0 Å². The summed E-state index contributed by atoms with van der Waals surface area (Å²) < 4.78 is 12.1. The molecule has 1 aliphatic heterocycles. The van der Waals surface area contributed by atoms with E-state index in [9.17, 15) is 19.2 Å². The lowest BCUT2D eigenvalue weighted by molar-refractivity contribution is -0.144. The van der Waals surface area contributed by atoms with Gasteiger partial charge >= 0.3 is 0 Å². The van der Waals surface area contributed by atoms with Gasteiger partial charge in [-0.2, -0.15) is 0 Å². The number of likely N-dealkylation sites (tertiary alicyclic amines) is 1. The van der Waals surface area contributed by atoms with Crippen molar-refractivity contribution in [2.45, 2.75) is 123 Å². The van der Waals surface area contributed by atoms with Crippen LogP contribution in [-0.2, 0) is 35.1 Å². The molecule has 3 rings (SSSR count). The maximum atomic E-state index is 14.3. The number of ether oxygens (including phenoxy) is 2. The van der Waals surface area contributed by atoms with Gasteiger partial charge in [0.25, 0.3) is 0 Å². The lowest BCUT2D eigenvalue weighted by Crippen LogP contribution is -2.60. The third-order valence-corrected chi connectivity index (χ3v) is 12.0. The summed E-state index contributed by atoms with van der Waals surface area (Å²) in [6.45, 7) is 14.4. The van der Waals surface area contributed by atoms with Crippen LogP contribution in [0.2, 0.25) is 0 Å². The largest absolute Gasteiger partial charge is 0.379 e. The summed E-state index contributed by atoms with van der Waals surface area (Å²) in [6, 6.07) is 7.97. The summed E-state index contributed by atoms with van der Waals surface area (Å²) in [5, 5.41) is 11.6. The second-order valence-electron chi connectivity index (χ2n) is 15.5. The van der Waals surface area contributed by atoms with Crippen LogP contribution in [0.1, 0.15) is 90.8 Å². The van der Waals surface area contributed by atoms with E-state index in [0.29, 0.717) is 19.4 Å². The fraction of sp³-hybridized carbons (Fsp3) is 0.683. The molecule has 0 radical (unpaired) electrons. The molecule has 54 heavy (non-hydrogen) atoms. The van der Waals surface area contributed by atoms with E-state index in [1.54, 1.807) is 27.5 Å². The SMILES string of the molecule is CCC(C)C(C(CC(=O)N1CCCC1C(OC)C(C)C(=O)NC(Cc1ccccc1)c1nccs1)OC)N(C)C(C(=O)NC(=O)C(NC)C(C)C)C(C)C. The van der Waals surface area contributed by atoms with Crippen LogP contribution >= 0.6 is 11.3 Å². The third-order valence-electron chi connectivity index (χ3n) is 11.1. The molecular weight excluding hydrogens is 705 g/mol. The summed E-state index contributed by atoms with van der Waals surface area (Å²) in [7, 11) is 6.80. The fourth-order valence-corrected chi connectivity index (χ4v) is 8.82. The van der Waals surface area contributed by atoms with Crippen molar-refractivity contribution in [3.05, 3.63) is 52.5 Å². The van der Waals surface area contributed by atoms with Crippen LogP contribution in [0.25, 0.3) is 0 Å². The number of imide groups is 1. The van der Waals surface area contributed by atoms with Crippen LogP contribution in [-0.4, -0.2) is 110 Å². The highest BCUT2D eigenvalue weighted by Crippen LogP contribution is 2.31. The Labute approximate surface area is 327 Å². The zero-order valence-electron chi connectivity index (χ0n) is 34.3. The molecule has 302 valence electrons. The molecular formula is C41H66N6O6S. The monoisotopic (exact) mass is 770 g/mol. The minimum absolute atomic E-state index is 0.000604. The molecule has 2 aromatic rings. The highest BCUT2D eigenvalue weighted by Gasteiger charge is 2.43. The Balaban J connectivity index is 1.79. The number of likely N-dealkylation sites (N-methyl/N-ethyl adjacent to an activating group) is 2. The van der Waals surface area contributed by atoms with Gasteiger partial charge in [0.1, 0.15) is 5.01 Å². The van der Waals surface area contributed by atoms with Crippen molar-refractivity contribution in [3.8, 4) is 0 Å². The van der Waals surface area contributed by atoms with E-state index in [0.717, 1.165) is 23.4 Å².